The molecule has 0 aliphatic heterocycles. The van der Waals surface area contributed by atoms with Gasteiger partial charge >= 0.3 is 0 Å². The van der Waals surface area contributed by atoms with Gasteiger partial charge in [0.2, 0.25) is 5.91 Å². The van der Waals surface area contributed by atoms with Gasteiger partial charge in [0.1, 0.15) is 6.04 Å². The lowest BCUT2D eigenvalue weighted by Gasteiger charge is -2.13. The molecule has 0 aromatic carbocycles. The lowest BCUT2D eigenvalue weighted by atomic mass is 10.3. The van der Waals surface area contributed by atoms with Crippen molar-refractivity contribution in [3.05, 3.63) is 20.8 Å². The number of nitrogens with one attached hydrogen (secondary N) is 2. The smallest absolute Gasteiger partial charge is 0.262 e. The van der Waals surface area contributed by atoms with Gasteiger partial charge in [-0.3, -0.25) is 9.59 Å². The molecule has 0 aliphatic rings. The summed E-state index contributed by atoms with van der Waals surface area (Å²) in [6, 6.07) is 2.93. The molecule has 0 saturated carbocycles. The number of methoxy groups -OCH3 is 1. The number of halogens is 1. The second-order valence-corrected chi connectivity index (χ2v) is 6.05. The minimum Gasteiger partial charge on any atom is -0.383 e. The van der Waals surface area contributed by atoms with Crippen LogP contribution in [-0.2, 0) is 9.53 Å². The lowest BCUT2D eigenvalue weighted by molar-refractivity contribution is -0.122. The van der Waals surface area contributed by atoms with Crippen molar-refractivity contribution in [1.82, 2.24) is 10.6 Å². The van der Waals surface area contributed by atoms with E-state index in [1.807, 2.05) is 0 Å². The van der Waals surface area contributed by atoms with Crippen molar-refractivity contribution in [2.45, 2.75) is 13.0 Å². The third-order valence-corrected chi connectivity index (χ3v) is 3.77. The van der Waals surface area contributed by atoms with Crippen LogP contribution in [0.2, 0.25) is 0 Å². The number of thiophene rings is 1. The fraction of sp³-hybridized carbons (Fsp3) is 0.455. The van der Waals surface area contributed by atoms with Crippen molar-refractivity contribution in [1.29, 1.82) is 0 Å². The first-order valence-corrected chi connectivity index (χ1v) is 6.98. The van der Waals surface area contributed by atoms with Crippen LogP contribution in [0.3, 0.4) is 0 Å². The third kappa shape index (κ3) is 4.75. The molecule has 0 radical (unpaired) electrons. The molecule has 7 heteroatoms. The number of amides is 2. The summed E-state index contributed by atoms with van der Waals surface area (Å²) >= 11 is 4.61. The first-order valence-electron chi connectivity index (χ1n) is 5.37. The summed E-state index contributed by atoms with van der Waals surface area (Å²) in [5.74, 6) is -0.476. The lowest BCUT2D eigenvalue weighted by Crippen LogP contribution is -2.45. The zero-order chi connectivity index (χ0) is 13.5. The van der Waals surface area contributed by atoms with E-state index in [9.17, 15) is 9.59 Å². The predicted molar refractivity (Wildman–Crippen MR) is 73.8 cm³/mol. The van der Waals surface area contributed by atoms with Crippen molar-refractivity contribution in [2.75, 3.05) is 20.3 Å². The molecule has 1 aromatic heterocycles. The third-order valence-electron chi connectivity index (χ3n) is 2.14. The van der Waals surface area contributed by atoms with Crippen molar-refractivity contribution < 1.29 is 14.3 Å². The van der Waals surface area contributed by atoms with Gasteiger partial charge in [0.15, 0.2) is 0 Å². The van der Waals surface area contributed by atoms with Crippen LogP contribution in [-0.4, -0.2) is 38.1 Å². The van der Waals surface area contributed by atoms with E-state index in [0.29, 0.717) is 18.0 Å². The monoisotopic (exact) mass is 334 g/mol. The highest BCUT2D eigenvalue weighted by Gasteiger charge is 2.17. The molecule has 100 valence electrons. The molecule has 1 atom stereocenters. The molecular weight excluding hydrogens is 320 g/mol. The molecule has 0 bridgehead atoms. The average molecular weight is 335 g/mol. The van der Waals surface area contributed by atoms with Crippen LogP contribution in [0.1, 0.15) is 16.6 Å². The van der Waals surface area contributed by atoms with Gasteiger partial charge in [-0.25, -0.2) is 0 Å². The molecule has 0 fully saturated rings. The average Bonchev–Trinajstić information content (AvgIpc) is 2.76. The zero-order valence-corrected chi connectivity index (χ0v) is 12.6. The molecule has 0 saturated heterocycles. The normalized spacial score (nSPS) is 11.9. The van der Waals surface area contributed by atoms with E-state index in [2.05, 4.69) is 26.6 Å². The van der Waals surface area contributed by atoms with Crippen molar-refractivity contribution in [3.8, 4) is 0 Å². The van der Waals surface area contributed by atoms with E-state index in [1.54, 1.807) is 26.2 Å². The van der Waals surface area contributed by atoms with E-state index >= 15 is 0 Å². The maximum Gasteiger partial charge on any atom is 0.262 e. The summed E-state index contributed by atoms with van der Waals surface area (Å²) in [4.78, 5) is 23.9. The number of ether oxygens (including phenoxy) is 1. The fourth-order valence-corrected chi connectivity index (χ4v) is 2.49. The van der Waals surface area contributed by atoms with Gasteiger partial charge < -0.3 is 15.4 Å². The molecule has 18 heavy (non-hydrogen) atoms. The van der Waals surface area contributed by atoms with Crippen LogP contribution in [0.4, 0.5) is 0 Å². The van der Waals surface area contributed by atoms with Gasteiger partial charge in [0.25, 0.3) is 5.91 Å². The van der Waals surface area contributed by atoms with E-state index in [0.717, 1.165) is 3.79 Å². The van der Waals surface area contributed by atoms with Crippen LogP contribution < -0.4 is 10.6 Å². The van der Waals surface area contributed by atoms with Gasteiger partial charge in [-0.15, -0.1) is 11.3 Å². The summed E-state index contributed by atoms with van der Waals surface area (Å²) in [5, 5.41) is 5.29. The second-order valence-electron chi connectivity index (χ2n) is 3.58. The molecule has 0 spiro atoms. The molecule has 2 amide bonds. The van der Waals surface area contributed by atoms with Crippen LogP contribution in [0, 0.1) is 0 Å². The Balaban J connectivity index is 2.41. The largest absolute Gasteiger partial charge is 0.383 e. The van der Waals surface area contributed by atoms with E-state index in [4.69, 9.17) is 4.74 Å². The molecule has 1 rings (SSSR count). The van der Waals surface area contributed by atoms with Crippen molar-refractivity contribution >= 4 is 39.1 Å². The second kappa shape index (κ2) is 7.50. The minimum absolute atomic E-state index is 0.226. The summed E-state index contributed by atoms with van der Waals surface area (Å²) < 4.78 is 5.70. The SMILES string of the molecule is COCCNC(=O)C(C)NC(=O)c1ccc(Br)s1. The van der Waals surface area contributed by atoms with Gasteiger partial charge in [-0.05, 0) is 35.0 Å². The fourth-order valence-electron chi connectivity index (χ4n) is 1.20. The Bertz CT molecular complexity index is 422. The molecule has 2 N–H and O–H groups in total. The number of hydrogen-bond donors (Lipinski definition) is 2. The Morgan fingerprint density at radius 3 is 2.78 bits per heavy atom. The number of rotatable bonds is 6. The zero-order valence-electron chi connectivity index (χ0n) is 10.2. The predicted octanol–water partition coefficient (Wildman–Crippen LogP) is 1.39. The highest BCUT2D eigenvalue weighted by molar-refractivity contribution is 9.11. The van der Waals surface area contributed by atoms with Crippen LogP contribution >= 0.6 is 27.3 Å². The van der Waals surface area contributed by atoms with E-state index in [-0.39, 0.29) is 11.8 Å². The maximum absolute atomic E-state index is 11.8. The molecule has 5 nitrogen and oxygen atoms in total. The first-order chi connectivity index (χ1) is 8.54. The number of hydrogen-bond acceptors (Lipinski definition) is 4. The summed E-state index contributed by atoms with van der Waals surface area (Å²) in [6.45, 7) is 2.52. The molecule has 1 heterocycles. The van der Waals surface area contributed by atoms with Gasteiger partial charge in [0.05, 0.1) is 15.3 Å². The highest BCUT2D eigenvalue weighted by atomic mass is 79.9. The van der Waals surface area contributed by atoms with E-state index < -0.39 is 6.04 Å². The standard InChI is InChI=1S/C11H15BrN2O3S/c1-7(10(15)13-5-6-17-2)14-11(16)8-3-4-9(12)18-8/h3-4,7H,5-6H2,1-2H3,(H,13,15)(H,14,16). The summed E-state index contributed by atoms with van der Waals surface area (Å²) in [7, 11) is 1.56. The Kier molecular flexibility index (Phi) is 6.31. The van der Waals surface area contributed by atoms with Gasteiger partial charge in [0, 0.05) is 13.7 Å². The highest BCUT2D eigenvalue weighted by Crippen LogP contribution is 2.21. The summed E-state index contributed by atoms with van der Waals surface area (Å²) in [5.41, 5.74) is 0. The van der Waals surface area contributed by atoms with Gasteiger partial charge in [-0.2, -0.15) is 0 Å². The minimum atomic E-state index is -0.574. The van der Waals surface area contributed by atoms with Crippen molar-refractivity contribution in [3.63, 3.8) is 0 Å². The summed E-state index contributed by atoms with van der Waals surface area (Å²) in [6.07, 6.45) is 0. The Labute approximate surface area is 118 Å². The van der Waals surface area contributed by atoms with Crippen LogP contribution in [0.15, 0.2) is 15.9 Å². The topological polar surface area (TPSA) is 67.4 Å². The van der Waals surface area contributed by atoms with Crippen molar-refractivity contribution in [2.24, 2.45) is 0 Å². The van der Waals surface area contributed by atoms with Gasteiger partial charge in [-0.1, -0.05) is 0 Å². The Morgan fingerprint density at radius 2 is 2.22 bits per heavy atom. The number of carbonyl (C=O) groups is 2. The number of carbonyl (C=O) groups excluding carboxylic acids is 2. The molecule has 0 aliphatic carbocycles. The quantitative estimate of drug-likeness (QED) is 0.772. The van der Waals surface area contributed by atoms with E-state index in [1.165, 1.54) is 11.3 Å². The molecule has 1 unspecified atom stereocenters. The maximum atomic E-state index is 11.8. The Hall–Kier alpha value is -0.920. The first kappa shape index (κ1) is 15.1. The Morgan fingerprint density at radius 1 is 1.50 bits per heavy atom. The molecular formula is C11H15BrN2O3S. The van der Waals surface area contributed by atoms with Crippen LogP contribution in [0.5, 0.6) is 0 Å². The van der Waals surface area contributed by atoms with Crippen LogP contribution in [0.25, 0.3) is 0 Å². The molecule has 1 aromatic rings.